The molecule has 2 bridgehead atoms. The van der Waals surface area contributed by atoms with E-state index in [9.17, 15) is 13.2 Å². The lowest BCUT2D eigenvalue weighted by atomic mass is 10.1. The van der Waals surface area contributed by atoms with Crippen LogP contribution in [0.25, 0.3) is 0 Å². The summed E-state index contributed by atoms with van der Waals surface area (Å²) in [4.78, 5) is 10.8. The molecular formula is C21H26F3N3O3. The standard InChI is InChI=1S/C21H26F3N3O3/c1-16-15-28-9-10-29-20-13-25-12-18(26-20)6-2-3-8-27(16)14-17-5-4-7-19(11-17)30-21(22,23)24/h4-5,7,11-13,16H,2-3,6,8-10,14-15H2,1H3/t16-/m0/s1. The normalized spacial score (nSPS) is 19.5. The monoisotopic (exact) mass is 425 g/mol. The smallest absolute Gasteiger partial charge is 0.474 e. The number of fused-ring (bicyclic) bond motifs is 2. The van der Waals surface area contributed by atoms with E-state index in [4.69, 9.17) is 9.47 Å². The van der Waals surface area contributed by atoms with Crippen molar-refractivity contribution in [2.45, 2.75) is 45.1 Å². The van der Waals surface area contributed by atoms with E-state index in [0.29, 0.717) is 32.2 Å². The molecule has 1 aliphatic heterocycles. The number of ether oxygens (including phenoxy) is 3. The fourth-order valence-corrected chi connectivity index (χ4v) is 3.29. The van der Waals surface area contributed by atoms with Gasteiger partial charge in [-0.1, -0.05) is 12.1 Å². The average Bonchev–Trinajstić information content (AvgIpc) is 2.68. The first kappa shape index (κ1) is 22.3. The summed E-state index contributed by atoms with van der Waals surface area (Å²) < 4.78 is 52.9. The van der Waals surface area contributed by atoms with Gasteiger partial charge in [0.2, 0.25) is 5.88 Å². The summed E-state index contributed by atoms with van der Waals surface area (Å²) in [6, 6.07) is 6.21. The van der Waals surface area contributed by atoms with Crippen LogP contribution < -0.4 is 9.47 Å². The highest BCUT2D eigenvalue weighted by Crippen LogP contribution is 2.24. The van der Waals surface area contributed by atoms with Gasteiger partial charge in [0, 0.05) is 18.8 Å². The minimum atomic E-state index is -4.70. The lowest BCUT2D eigenvalue weighted by Gasteiger charge is -2.29. The first-order valence-electron chi connectivity index (χ1n) is 9.99. The van der Waals surface area contributed by atoms with Crippen LogP contribution in [0.15, 0.2) is 36.7 Å². The second-order valence-corrected chi connectivity index (χ2v) is 7.24. The summed E-state index contributed by atoms with van der Waals surface area (Å²) in [5.41, 5.74) is 1.63. The highest BCUT2D eigenvalue weighted by Gasteiger charge is 2.31. The summed E-state index contributed by atoms with van der Waals surface area (Å²) in [5.74, 6) is 0.297. The van der Waals surface area contributed by atoms with Crippen molar-refractivity contribution >= 4 is 0 Å². The molecule has 2 aromatic rings. The van der Waals surface area contributed by atoms with Crippen LogP contribution in [0.1, 0.15) is 31.0 Å². The zero-order chi connectivity index (χ0) is 21.4. The average molecular weight is 425 g/mol. The van der Waals surface area contributed by atoms with Gasteiger partial charge in [0.15, 0.2) is 0 Å². The summed E-state index contributed by atoms with van der Waals surface area (Å²) in [5, 5.41) is 0. The van der Waals surface area contributed by atoms with Crippen molar-refractivity contribution in [3.63, 3.8) is 0 Å². The van der Waals surface area contributed by atoms with Crippen LogP contribution in [0.2, 0.25) is 0 Å². The molecule has 0 saturated heterocycles. The highest BCUT2D eigenvalue weighted by atomic mass is 19.4. The SMILES string of the molecule is C[C@H]1COCCOc2cncc(n2)CCCCN1Cc1cccc(OC(F)(F)F)c1. The molecule has 0 spiro atoms. The summed E-state index contributed by atoms with van der Waals surface area (Å²) in [7, 11) is 0. The van der Waals surface area contributed by atoms with Crippen LogP contribution in [0.4, 0.5) is 13.2 Å². The molecule has 0 saturated carbocycles. The van der Waals surface area contributed by atoms with Gasteiger partial charge in [-0.05, 0) is 50.4 Å². The second-order valence-electron chi connectivity index (χ2n) is 7.24. The number of hydrogen-bond donors (Lipinski definition) is 0. The Kier molecular flexibility index (Phi) is 7.87. The Morgan fingerprint density at radius 1 is 1.20 bits per heavy atom. The van der Waals surface area contributed by atoms with E-state index >= 15 is 0 Å². The van der Waals surface area contributed by atoms with E-state index in [0.717, 1.165) is 37.1 Å². The molecule has 1 atom stereocenters. The predicted octanol–water partition coefficient (Wildman–Crippen LogP) is 4.00. The van der Waals surface area contributed by atoms with Gasteiger partial charge < -0.3 is 14.2 Å². The molecule has 0 amide bonds. The fourth-order valence-electron chi connectivity index (χ4n) is 3.29. The first-order chi connectivity index (χ1) is 14.4. The van der Waals surface area contributed by atoms with E-state index in [2.05, 4.69) is 26.5 Å². The van der Waals surface area contributed by atoms with Crippen LogP contribution in [-0.2, 0) is 17.7 Å². The van der Waals surface area contributed by atoms with E-state index in [1.807, 2.05) is 0 Å². The summed E-state index contributed by atoms with van der Waals surface area (Å²) in [6.45, 7) is 4.63. The Bertz CT molecular complexity index is 804. The third-order valence-electron chi connectivity index (χ3n) is 4.77. The van der Waals surface area contributed by atoms with Gasteiger partial charge in [0.25, 0.3) is 0 Å². The molecule has 0 aliphatic carbocycles. The maximum atomic E-state index is 12.5. The number of alkyl halides is 3. The second kappa shape index (κ2) is 10.6. The van der Waals surface area contributed by atoms with Crippen LogP contribution in [-0.4, -0.2) is 53.6 Å². The molecule has 0 fully saturated rings. The van der Waals surface area contributed by atoms with Crippen molar-refractivity contribution in [1.82, 2.24) is 14.9 Å². The highest BCUT2D eigenvalue weighted by molar-refractivity contribution is 5.28. The molecule has 0 unspecified atom stereocenters. The van der Waals surface area contributed by atoms with Crippen molar-refractivity contribution in [3.05, 3.63) is 47.9 Å². The molecule has 1 aromatic heterocycles. The van der Waals surface area contributed by atoms with Gasteiger partial charge >= 0.3 is 6.36 Å². The van der Waals surface area contributed by atoms with E-state index in [1.54, 1.807) is 24.5 Å². The predicted molar refractivity (Wildman–Crippen MR) is 104 cm³/mol. The maximum absolute atomic E-state index is 12.5. The van der Waals surface area contributed by atoms with Crippen LogP contribution in [0.3, 0.4) is 0 Å². The first-order valence-corrected chi connectivity index (χ1v) is 9.99. The molecule has 1 aliphatic rings. The van der Waals surface area contributed by atoms with Gasteiger partial charge in [0.1, 0.15) is 12.4 Å². The molecule has 6 nitrogen and oxygen atoms in total. The lowest BCUT2D eigenvalue weighted by Crippen LogP contribution is -2.37. The molecule has 1 aromatic carbocycles. The number of aryl methyl sites for hydroxylation is 1. The number of nitrogens with zero attached hydrogens (tertiary/aromatic N) is 3. The van der Waals surface area contributed by atoms with Crippen molar-refractivity contribution in [2.24, 2.45) is 0 Å². The summed E-state index contributed by atoms with van der Waals surface area (Å²) in [6.07, 6.45) is 1.25. The number of rotatable bonds is 3. The van der Waals surface area contributed by atoms with Crippen molar-refractivity contribution in [3.8, 4) is 11.6 Å². The Balaban J connectivity index is 1.65. The maximum Gasteiger partial charge on any atom is 0.573 e. The third-order valence-corrected chi connectivity index (χ3v) is 4.77. The van der Waals surface area contributed by atoms with Gasteiger partial charge in [-0.15, -0.1) is 13.2 Å². The van der Waals surface area contributed by atoms with Crippen LogP contribution in [0, 0.1) is 0 Å². The molecular weight excluding hydrogens is 399 g/mol. The number of benzene rings is 1. The lowest BCUT2D eigenvalue weighted by molar-refractivity contribution is -0.274. The zero-order valence-corrected chi connectivity index (χ0v) is 16.9. The van der Waals surface area contributed by atoms with Gasteiger partial charge in [-0.2, -0.15) is 0 Å². The number of halogens is 3. The Morgan fingerprint density at radius 3 is 2.90 bits per heavy atom. The fraction of sp³-hybridized carbons (Fsp3) is 0.524. The quantitative estimate of drug-likeness (QED) is 0.741. The topological polar surface area (TPSA) is 56.7 Å². The van der Waals surface area contributed by atoms with Gasteiger partial charge in [-0.3, -0.25) is 9.88 Å². The molecule has 30 heavy (non-hydrogen) atoms. The zero-order valence-electron chi connectivity index (χ0n) is 16.9. The Hall–Kier alpha value is -2.39. The minimum absolute atomic E-state index is 0.0951. The Morgan fingerprint density at radius 2 is 2.07 bits per heavy atom. The minimum Gasteiger partial charge on any atom is -0.474 e. The van der Waals surface area contributed by atoms with Crippen molar-refractivity contribution in [1.29, 1.82) is 0 Å². The molecule has 164 valence electrons. The largest absolute Gasteiger partial charge is 0.573 e. The van der Waals surface area contributed by atoms with Gasteiger partial charge in [-0.25, -0.2) is 4.98 Å². The van der Waals surface area contributed by atoms with Crippen LogP contribution in [0.5, 0.6) is 11.6 Å². The van der Waals surface area contributed by atoms with Gasteiger partial charge in [0.05, 0.1) is 25.1 Å². The molecule has 2 heterocycles. The Labute approximate surface area is 174 Å². The van der Waals surface area contributed by atoms with E-state index in [1.165, 1.54) is 12.1 Å². The van der Waals surface area contributed by atoms with Crippen LogP contribution >= 0.6 is 0 Å². The third kappa shape index (κ3) is 7.46. The van der Waals surface area contributed by atoms with Crippen molar-refractivity contribution < 1.29 is 27.4 Å². The van der Waals surface area contributed by atoms with E-state index < -0.39 is 6.36 Å². The number of hydrogen-bond acceptors (Lipinski definition) is 6. The summed E-state index contributed by atoms with van der Waals surface area (Å²) >= 11 is 0. The molecule has 3 rings (SSSR count). The van der Waals surface area contributed by atoms with Crippen molar-refractivity contribution in [2.75, 3.05) is 26.4 Å². The number of aromatic nitrogens is 2. The molecule has 0 radical (unpaired) electrons. The molecule has 0 N–H and O–H groups in total. The molecule has 9 heteroatoms. The van der Waals surface area contributed by atoms with E-state index in [-0.39, 0.29) is 11.8 Å².